The summed E-state index contributed by atoms with van der Waals surface area (Å²) in [6.45, 7) is 1.48. The van der Waals surface area contributed by atoms with E-state index in [2.05, 4.69) is 14.5 Å². The Morgan fingerprint density at radius 1 is 1.19 bits per heavy atom. The predicted molar refractivity (Wildman–Crippen MR) is 109 cm³/mol. The molecule has 1 spiro atoms. The molecule has 0 saturated carbocycles. The molecule has 1 aromatic heterocycles. The van der Waals surface area contributed by atoms with E-state index < -0.39 is 51.1 Å². The average molecular weight is 542 g/mol. The summed E-state index contributed by atoms with van der Waals surface area (Å²) >= 11 is 0. The second-order valence-electron chi connectivity index (χ2n) is 8.70. The molecule has 2 aliphatic heterocycles. The molecule has 198 valence electrons. The molecule has 0 N–H and O–H groups in total. The van der Waals surface area contributed by atoms with Gasteiger partial charge in [-0.05, 0) is 36.6 Å². The van der Waals surface area contributed by atoms with Gasteiger partial charge in [0.1, 0.15) is 11.4 Å². The number of nitrogens with zero attached hydrogens (tertiary/aromatic N) is 4. The minimum absolute atomic E-state index is 0.0512. The molecule has 0 radical (unpaired) electrons. The van der Waals surface area contributed by atoms with Crippen LogP contribution in [0.2, 0.25) is 0 Å². The normalized spacial score (nSPS) is 25.1. The Hall–Kier alpha value is -2.88. The summed E-state index contributed by atoms with van der Waals surface area (Å²) in [7, 11) is -4.38. The average Bonchev–Trinajstić information content (AvgIpc) is 3.17. The maximum atomic E-state index is 13.4. The van der Waals surface area contributed by atoms with Gasteiger partial charge in [-0.3, -0.25) is 9.48 Å². The molecule has 2 aliphatic rings. The van der Waals surface area contributed by atoms with Crippen molar-refractivity contribution >= 4 is 16.0 Å². The fourth-order valence-electron chi connectivity index (χ4n) is 4.85. The van der Waals surface area contributed by atoms with Crippen LogP contribution in [0.1, 0.15) is 42.6 Å². The number of rotatable bonds is 3. The Bertz CT molecular complexity index is 1280. The van der Waals surface area contributed by atoms with Crippen molar-refractivity contribution in [1.29, 1.82) is 0 Å². The first-order chi connectivity index (χ1) is 16.5. The highest BCUT2D eigenvalue weighted by Crippen LogP contribution is 2.51. The molecule has 9 nitrogen and oxygen atoms in total. The first-order valence-electron chi connectivity index (χ1n) is 10.6. The number of hydrogen-bond donors (Lipinski definition) is 0. The van der Waals surface area contributed by atoms with Gasteiger partial charge in [-0.1, -0.05) is 11.3 Å². The summed E-state index contributed by atoms with van der Waals surface area (Å²) in [4.78, 5) is 13.0. The highest BCUT2D eigenvalue weighted by molar-refractivity contribution is 7.88. The van der Waals surface area contributed by atoms with Crippen molar-refractivity contribution in [2.45, 2.75) is 55.6 Å². The lowest BCUT2D eigenvalue weighted by molar-refractivity contribution is -0.201. The molecule has 1 fully saturated rings. The number of likely N-dealkylation sites (tertiary alicyclic amines) is 1. The number of amides is 1. The molecular weight excluding hydrogens is 522 g/mol. The minimum Gasteiger partial charge on any atom is -0.376 e. The van der Waals surface area contributed by atoms with Crippen LogP contribution < -0.4 is 4.18 Å². The van der Waals surface area contributed by atoms with Crippen LogP contribution in [0.25, 0.3) is 0 Å². The van der Waals surface area contributed by atoms with E-state index in [1.807, 2.05) is 0 Å². The van der Waals surface area contributed by atoms with Crippen molar-refractivity contribution in [3.05, 3.63) is 41.2 Å². The van der Waals surface area contributed by atoms with E-state index in [0.717, 1.165) is 12.1 Å². The molecule has 1 aromatic carbocycles. The zero-order valence-corrected chi connectivity index (χ0v) is 19.6. The number of ether oxygens (including phenoxy) is 1. The monoisotopic (exact) mass is 542 g/mol. The predicted octanol–water partition coefficient (Wildman–Crippen LogP) is 3.13. The van der Waals surface area contributed by atoms with Crippen molar-refractivity contribution in [2.24, 2.45) is 7.05 Å². The molecule has 3 heterocycles. The molecule has 1 amide bonds. The van der Waals surface area contributed by atoms with Crippen molar-refractivity contribution in [3.63, 3.8) is 0 Å². The van der Waals surface area contributed by atoms with Crippen molar-refractivity contribution in [1.82, 2.24) is 19.9 Å². The van der Waals surface area contributed by atoms with Crippen molar-refractivity contribution in [2.75, 3.05) is 6.61 Å². The molecular formula is C20H20F6N4O5S. The summed E-state index contributed by atoms with van der Waals surface area (Å²) in [6, 6.07) is 1.33. The largest absolute Gasteiger partial charge is 0.534 e. The SMILES string of the molecule is C[C@H]1C[C@@]2(C[C@@H](c3cn(C)nn3)N1C(=O)C(F)(F)F)OCCc1cc(OS(=O)(=O)C(F)(F)F)ccc12. The highest BCUT2D eigenvalue weighted by Gasteiger charge is 2.55. The van der Waals surface area contributed by atoms with E-state index in [-0.39, 0.29) is 31.6 Å². The molecule has 2 aromatic rings. The third kappa shape index (κ3) is 4.63. The van der Waals surface area contributed by atoms with Crippen LogP contribution in [0, 0.1) is 0 Å². The molecule has 3 atom stereocenters. The van der Waals surface area contributed by atoms with Gasteiger partial charge in [0.05, 0.1) is 24.4 Å². The molecule has 4 rings (SSSR count). The Kier molecular flexibility index (Phi) is 6.26. The number of benzene rings is 1. The molecule has 0 unspecified atom stereocenters. The van der Waals surface area contributed by atoms with E-state index in [4.69, 9.17) is 4.74 Å². The van der Waals surface area contributed by atoms with Gasteiger partial charge >= 0.3 is 27.7 Å². The number of aryl methyl sites for hydroxylation is 1. The summed E-state index contributed by atoms with van der Waals surface area (Å²) in [5.74, 6) is -2.61. The molecule has 0 bridgehead atoms. The Labute approximate surface area is 201 Å². The Balaban J connectivity index is 1.74. The Morgan fingerprint density at radius 3 is 2.47 bits per heavy atom. The van der Waals surface area contributed by atoms with Gasteiger partial charge in [-0.25, -0.2) is 0 Å². The summed E-state index contributed by atoms with van der Waals surface area (Å²) in [5.41, 5.74) is -5.88. The van der Waals surface area contributed by atoms with Gasteiger partial charge in [0.25, 0.3) is 0 Å². The van der Waals surface area contributed by atoms with E-state index >= 15 is 0 Å². The van der Waals surface area contributed by atoms with E-state index in [1.165, 1.54) is 30.9 Å². The molecule has 16 heteroatoms. The quantitative estimate of drug-likeness (QED) is 0.334. The number of hydrogen-bond acceptors (Lipinski definition) is 7. The number of carbonyl (C=O) groups excluding carboxylic acids is 1. The third-order valence-corrected chi connectivity index (χ3v) is 7.18. The van der Waals surface area contributed by atoms with Gasteiger partial charge in [0.2, 0.25) is 0 Å². The number of halogens is 6. The van der Waals surface area contributed by atoms with E-state index in [9.17, 15) is 39.6 Å². The number of carbonyl (C=O) groups is 1. The number of aromatic nitrogens is 3. The second-order valence-corrected chi connectivity index (χ2v) is 10.2. The van der Waals surface area contributed by atoms with Gasteiger partial charge in [0.15, 0.2) is 0 Å². The standard InChI is InChI=1S/C20H20F6N4O5S/c1-11-8-18(9-16(15-10-29(2)28-27-15)30(11)17(31)19(21,22)23)14-4-3-13(7-12(14)5-6-34-18)35-36(32,33)20(24,25)26/h3-4,7,10-11,16H,5-6,8-9H2,1-2H3/t11-,16-,18-/m0/s1. The van der Waals surface area contributed by atoms with E-state index in [0.29, 0.717) is 16.0 Å². The maximum absolute atomic E-state index is 13.4. The van der Waals surface area contributed by atoms with Gasteiger partial charge < -0.3 is 13.8 Å². The molecule has 0 aliphatic carbocycles. The van der Waals surface area contributed by atoms with Crippen molar-refractivity contribution in [3.8, 4) is 5.75 Å². The number of alkyl halides is 6. The Morgan fingerprint density at radius 2 is 1.89 bits per heavy atom. The number of piperidine rings is 1. The zero-order chi connectivity index (χ0) is 26.7. The molecule has 36 heavy (non-hydrogen) atoms. The van der Waals surface area contributed by atoms with Crippen LogP contribution in [0.5, 0.6) is 5.75 Å². The summed E-state index contributed by atoms with van der Waals surface area (Å²) < 4.78 is 113. The first kappa shape index (κ1) is 26.2. The van der Waals surface area contributed by atoms with E-state index in [1.54, 1.807) is 0 Å². The lowest BCUT2D eigenvalue weighted by Gasteiger charge is -2.51. The summed E-state index contributed by atoms with van der Waals surface area (Å²) in [6.07, 6.45) is -3.77. The second kappa shape index (κ2) is 8.61. The lowest BCUT2D eigenvalue weighted by Crippen LogP contribution is -2.56. The van der Waals surface area contributed by atoms with Gasteiger partial charge in [-0.15, -0.1) is 5.10 Å². The first-order valence-corrected chi connectivity index (χ1v) is 12.0. The topological polar surface area (TPSA) is 104 Å². The lowest BCUT2D eigenvalue weighted by atomic mass is 9.73. The highest BCUT2D eigenvalue weighted by atomic mass is 32.2. The van der Waals surface area contributed by atoms with Crippen LogP contribution >= 0.6 is 0 Å². The van der Waals surface area contributed by atoms with Crippen LogP contribution in [0.15, 0.2) is 24.4 Å². The fraction of sp³-hybridized carbons (Fsp3) is 0.550. The van der Waals surface area contributed by atoms with Gasteiger partial charge in [0, 0.05) is 25.9 Å². The van der Waals surface area contributed by atoms with Crippen molar-refractivity contribution < 1.29 is 48.5 Å². The third-order valence-electron chi connectivity index (χ3n) is 6.20. The van der Waals surface area contributed by atoms with Crippen LogP contribution in [-0.2, 0) is 38.7 Å². The zero-order valence-electron chi connectivity index (χ0n) is 18.8. The van der Waals surface area contributed by atoms with Crippen LogP contribution in [0.3, 0.4) is 0 Å². The smallest absolute Gasteiger partial charge is 0.376 e. The maximum Gasteiger partial charge on any atom is 0.534 e. The van der Waals surface area contributed by atoms with Gasteiger partial charge in [-0.2, -0.15) is 34.8 Å². The number of fused-ring (bicyclic) bond motifs is 2. The minimum atomic E-state index is -5.89. The van der Waals surface area contributed by atoms with Crippen LogP contribution in [0.4, 0.5) is 26.3 Å². The summed E-state index contributed by atoms with van der Waals surface area (Å²) in [5, 5.41) is 7.66. The molecule has 1 saturated heterocycles. The fourth-order valence-corrected chi connectivity index (χ4v) is 5.30. The van der Waals surface area contributed by atoms with Crippen LogP contribution in [-0.4, -0.2) is 58.6 Å².